The largest absolute Gasteiger partial charge is 0.494 e. The maximum absolute atomic E-state index is 12.3. The van der Waals surface area contributed by atoms with E-state index in [1.165, 1.54) is 0 Å². The second-order valence-electron chi connectivity index (χ2n) is 4.96. The highest BCUT2D eigenvalue weighted by Crippen LogP contribution is 2.24. The summed E-state index contributed by atoms with van der Waals surface area (Å²) < 4.78 is 7.71. The molecule has 0 unspecified atom stereocenters. The van der Waals surface area contributed by atoms with Gasteiger partial charge in [0.2, 0.25) is 5.91 Å². The molecule has 1 aliphatic rings. The molecule has 6 heteroatoms. The topological polar surface area (TPSA) is 50.3 Å². The van der Waals surface area contributed by atoms with Gasteiger partial charge >= 0.3 is 0 Å². The summed E-state index contributed by atoms with van der Waals surface area (Å²) in [7, 11) is 1.62. The molecule has 1 amide bonds. The molecule has 3 rings (SSSR count). The number of carbonyl (C=O) groups is 1. The number of benzene rings is 1. The van der Waals surface area contributed by atoms with Crippen LogP contribution in [0, 0.1) is 4.77 Å². The Bertz CT molecular complexity index is 698. The second-order valence-corrected chi connectivity index (χ2v) is 5.35. The summed E-state index contributed by atoms with van der Waals surface area (Å²) in [6.07, 6.45) is 2.19. The lowest BCUT2D eigenvalue weighted by Crippen LogP contribution is -2.31. The fourth-order valence-electron chi connectivity index (χ4n) is 2.68. The number of H-pyrrole nitrogens is 1. The normalized spacial score (nSPS) is 14.9. The molecule has 20 heavy (non-hydrogen) atoms. The Labute approximate surface area is 122 Å². The van der Waals surface area contributed by atoms with Gasteiger partial charge in [0.15, 0.2) is 4.77 Å². The smallest absolute Gasteiger partial charge is 0.242 e. The third-order valence-corrected chi connectivity index (χ3v) is 4.07. The van der Waals surface area contributed by atoms with Gasteiger partial charge in [0.1, 0.15) is 17.8 Å². The number of nitrogens with one attached hydrogen (secondary N) is 1. The van der Waals surface area contributed by atoms with E-state index in [1.807, 2.05) is 27.7 Å². The molecule has 0 radical (unpaired) electrons. The number of amides is 1. The minimum absolute atomic E-state index is 0.127. The number of fused-ring (bicyclic) bond motifs is 1. The minimum Gasteiger partial charge on any atom is -0.494 e. The van der Waals surface area contributed by atoms with Gasteiger partial charge in [0, 0.05) is 13.1 Å². The highest BCUT2D eigenvalue weighted by molar-refractivity contribution is 7.71. The maximum Gasteiger partial charge on any atom is 0.242 e. The zero-order valence-corrected chi connectivity index (χ0v) is 12.2. The van der Waals surface area contributed by atoms with Crippen LogP contribution in [0.15, 0.2) is 18.2 Å². The summed E-state index contributed by atoms with van der Waals surface area (Å²) in [5, 5.41) is 0. The van der Waals surface area contributed by atoms with Gasteiger partial charge in [0.05, 0.1) is 12.6 Å². The van der Waals surface area contributed by atoms with Gasteiger partial charge in [-0.3, -0.25) is 4.79 Å². The number of rotatable bonds is 3. The molecule has 1 saturated heterocycles. The van der Waals surface area contributed by atoms with Crippen LogP contribution in [-0.2, 0) is 11.3 Å². The van der Waals surface area contributed by atoms with Gasteiger partial charge in [-0.25, -0.2) is 0 Å². The number of nitrogens with zero attached hydrogens (tertiary/aromatic N) is 2. The molecule has 1 N–H and O–H groups in total. The molecular weight excluding hydrogens is 274 g/mol. The summed E-state index contributed by atoms with van der Waals surface area (Å²) in [6, 6.07) is 5.72. The molecule has 0 spiro atoms. The van der Waals surface area contributed by atoms with Crippen molar-refractivity contribution in [1.29, 1.82) is 0 Å². The minimum atomic E-state index is 0.127. The molecule has 5 nitrogen and oxygen atoms in total. The molecular formula is C14H17N3O2S. The van der Waals surface area contributed by atoms with E-state index in [4.69, 9.17) is 17.0 Å². The highest BCUT2D eigenvalue weighted by atomic mass is 32.1. The summed E-state index contributed by atoms with van der Waals surface area (Å²) in [5.41, 5.74) is 1.75. The second kappa shape index (κ2) is 5.28. The van der Waals surface area contributed by atoms with Crippen molar-refractivity contribution >= 4 is 29.2 Å². The van der Waals surface area contributed by atoms with Crippen LogP contribution in [0.4, 0.5) is 0 Å². The van der Waals surface area contributed by atoms with Crippen molar-refractivity contribution in [1.82, 2.24) is 14.5 Å². The van der Waals surface area contributed by atoms with E-state index in [2.05, 4.69) is 4.98 Å². The van der Waals surface area contributed by atoms with Gasteiger partial charge in [-0.05, 0) is 37.2 Å². The monoisotopic (exact) mass is 291 g/mol. The van der Waals surface area contributed by atoms with Gasteiger partial charge in [-0.15, -0.1) is 0 Å². The first-order valence-electron chi connectivity index (χ1n) is 6.74. The Morgan fingerprint density at radius 1 is 1.40 bits per heavy atom. The van der Waals surface area contributed by atoms with Crippen molar-refractivity contribution in [3.63, 3.8) is 0 Å². The molecule has 1 fully saturated rings. The number of aromatic nitrogens is 2. The number of methoxy groups -OCH3 is 1. The lowest BCUT2D eigenvalue weighted by molar-refractivity contribution is -0.130. The van der Waals surface area contributed by atoms with Crippen LogP contribution in [0.5, 0.6) is 5.75 Å². The number of likely N-dealkylation sites (tertiary alicyclic amines) is 1. The van der Waals surface area contributed by atoms with Crippen LogP contribution in [-0.4, -0.2) is 40.6 Å². The van der Waals surface area contributed by atoms with Crippen LogP contribution in [0.1, 0.15) is 12.8 Å². The lowest BCUT2D eigenvalue weighted by Gasteiger charge is -2.15. The first-order chi connectivity index (χ1) is 9.70. The van der Waals surface area contributed by atoms with Crippen LogP contribution < -0.4 is 4.74 Å². The predicted molar refractivity (Wildman–Crippen MR) is 79.5 cm³/mol. The molecule has 1 aromatic heterocycles. The molecule has 2 aromatic rings. The number of para-hydroxylation sites is 1. The standard InChI is InChI=1S/C14H17N3O2S/c1-19-11-6-4-5-10-13(11)15-14(20)17(10)9-12(18)16-7-2-3-8-16/h4-6H,2-3,7-9H2,1H3,(H,15,20). The van der Waals surface area contributed by atoms with Crippen molar-refractivity contribution in [2.24, 2.45) is 0 Å². The third-order valence-electron chi connectivity index (χ3n) is 3.74. The highest BCUT2D eigenvalue weighted by Gasteiger charge is 2.19. The van der Waals surface area contributed by atoms with Crippen molar-refractivity contribution in [2.75, 3.05) is 20.2 Å². The number of ether oxygens (including phenoxy) is 1. The van der Waals surface area contributed by atoms with Crippen LogP contribution >= 0.6 is 12.2 Å². The average molecular weight is 291 g/mol. The van der Waals surface area contributed by atoms with Crippen molar-refractivity contribution in [3.8, 4) is 5.75 Å². The van der Waals surface area contributed by atoms with Crippen LogP contribution in [0.2, 0.25) is 0 Å². The van der Waals surface area contributed by atoms with Gasteiger partial charge in [-0.1, -0.05) is 6.07 Å². The predicted octanol–water partition coefficient (Wildman–Crippen LogP) is 2.33. The van der Waals surface area contributed by atoms with Crippen LogP contribution in [0.3, 0.4) is 0 Å². The number of hydrogen-bond donors (Lipinski definition) is 1. The lowest BCUT2D eigenvalue weighted by atomic mass is 10.3. The third kappa shape index (κ3) is 2.20. The number of carbonyl (C=O) groups excluding carboxylic acids is 1. The fraction of sp³-hybridized carbons (Fsp3) is 0.429. The molecule has 0 atom stereocenters. The average Bonchev–Trinajstić information content (AvgIpc) is 3.07. The van der Waals surface area contributed by atoms with Gasteiger partial charge in [-0.2, -0.15) is 0 Å². The molecule has 0 saturated carbocycles. The van der Waals surface area contributed by atoms with E-state index in [0.717, 1.165) is 42.7 Å². The first kappa shape index (κ1) is 13.2. The fourth-order valence-corrected chi connectivity index (χ4v) is 2.95. The number of hydrogen-bond acceptors (Lipinski definition) is 3. The summed E-state index contributed by atoms with van der Waals surface area (Å²) >= 11 is 5.33. The summed E-state index contributed by atoms with van der Waals surface area (Å²) in [4.78, 5) is 17.3. The zero-order valence-electron chi connectivity index (χ0n) is 11.4. The number of aromatic amines is 1. The Balaban J connectivity index is 1.97. The molecule has 0 aliphatic carbocycles. The van der Waals surface area contributed by atoms with E-state index < -0.39 is 0 Å². The van der Waals surface area contributed by atoms with Crippen molar-refractivity contribution in [2.45, 2.75) is 19.4 Å². The molecule has 2 heterocycles. The molecule has 1 aromatic carbocycles. The van der Waals surface area contributed by atoms with E-state index in [0.29, 0.717) is 4.77 Å². The van der Waals surface area contributed by atoms with E-state index in [-0.39, 0.29) is 12.5 Å². The maximum atomic E-state index is 12.3. The Morgan fingerprint density at radius 3 is 2.85 bits per heavy atom. The SMILES string of the molecule is COc1cccc2c1[nH]c(=S)n2CC(=O)N1CCCC1. The van der Waals surface area contributed by atoms with E-state index >= 15 is 0 Å². The summed E-state index contributed by atoms with van der Waals surface area (Å²) in [5.74, 6) is 0.864. The van der Waals surface area contributed by atoms with Gasteiger partial charge < -0.3 is 19.2 Å². The summed E-state index contributed by atoms with van der Waals surface area (Å²) in [6.45, 7) is 2.00. The zero-order chi connectivity index (χ0) is 14.1. The number of imidazole rings is 1. The van der Waals surface area contributed by atoms with E-state index in [9.17, 15) is 4.79 Å². The Morgan fingerprint density at radius 2 is 2.15 bits per heavy atom. The molecule has 1 aliphatic heterocycles. The van der Waals surface area contributed by atoms with Crippen molar-refractivity contribution in [3.05, 3.63) is 23.0 Å². The van der Waals surface area contributed by atoms with Crippen molar-refractivity contribution < 1.29 is 9.53 Å². The Kier molecular flexibility index (Phi) is 3.48. The van der Waals surface area contributed by atoms with Gasteiger partial charge in [0.25, 0.3) is 0 Å². The van der Waals surface area contributed by atoms with E-state index in [1.54, 1.807) is 7.11 Å². The first-order valence-corrected chi connectivity index (χ1v) is 7.15. The van der Waals surface area contributed by atoms with Crippen LogP contribution in [0.25, 0.3) is 11.0 Å². The Hall–Kier alpha value is -1.82. The quantitative estimate of drug-likeness (QED) is 0.883. The molecule has 106 valence electrons. The molecule has 0 bridgehead atoms.